The van der Waals surface area contributed by atoms with Crippen LogP contribution in [0.3, 0.4) is 0 Å². The van der Waals surface area contributed by atoms with Gasteiger partial charge in [-0.2, -0.15) is 0 Å². The molecule has 0 unspecified atom stereocenters. The molecule has 1 N–H and O–H groups in total. The zero-order valence-electron chi connectivity index (χ0n) is 9.46. The predicted molar refractivity (Wildman–Crippen MR) is 71.2 cm³/mol. The van der Waals surface area contributed by atoms with Crippen LogP contribution in [0.1, 0.15) is 25.3 Å². The molecule has 1 aromatic carbocycles. The number of sulfonamides is 1. The molecule has 0 radical (unpaired) electrons. The van der Waals surface area contributed by atoms with E-state index in [1.807, 2.05) is 26.0 Å². The molecule has 0 bridgehead atoms. The van der Waals surface area contributed by atoms with Crippen molar-refractivity contribution in [3.8, 4) is 0 Å². The van der Waals surface area contributed by atoms with Gasteiger partial charge in [0.1, 0.15) is 0 Å². The van der Waals surface area contributed by atoms with Crippen LogP contribution in [0.5, 0.6) is 0 Å². The lowest BCUT2D eigenvalue weighted by atomic mass is 10.2. The van der Waals surface area contributed by atoms with Gasteiger partial charge < -0.3 is 0 Å². The number of aryl methyl sites for hydroxylation is 1. The van der Waals surface area contributed by atoms with Crippen molar-refractivity contribution in [1.29, 1.82) is 0 Å². The first kappa shape index (κ1) is 13.5. The highest BCUT2D eigenvalue weighted by Gasteiger charge is 2.09. The summed E-state index contributed by atoms with van der Waals surface area (Å²) < 4.78 is 26.8. The minimum atomic E-state index is -3.20. The van der Waals surface area contributed by atoms with E-state index in [1.54, 1.807) is 6.07 Å². The zero-order chi connectivity index (χ0) is 12.2. The Morgan fingerprint density at radius 1 is 1.31 bits per heavy atom. The fraction of sp³-hybridized carbons (Fsp3) is 0.455. The molecule has 0 spiro atoms. The topological polar surface area (TPSA) is 46.2 Å². The van der Waals surface area contributed by atoms with Gasteiger partial charge in [-0.15, -0.1) is 0 Å². The molecule has 0 saturated heterocycles. The molecule has 1 aromatic rings. The second-order valence-corrected chi connectivity index (χ2v) is 6.55. The summed E-state index contributed by atoms with van der Waals surface area (Å²) in [6, 6.07) is 5.51. The summed E-state index contributed by atoms with van der Waals surface area (Å²) in [5, 5.41) is 0. The lowest BCUT2D eigenvalue weighted by Crippen LogP contribution is -2.16. The molecular formula is C11H16BrNO2S. The third-order valence-corrected chi connectivity index (χ3v) is 3.91. The first-order chi connectivity index (χ1) is 7.43. The Balaban J connectivity index is 2.80. The number of halogens is 1. The lowest BCUT2D eigenvalue weighted by Gasteiger charge is -2.08. The monoisotopic (exact) mass is 305 g/mol. The minimum Gasteiger partial charge on any atom is -0.284 e. The van der Waals surface area contributed by atoms with Gasteiger partial charge in [0.2, 0.25) is 10.0 Å². The van der Waals surface area contributed by atoms with Gasteiger partial charge in [-0.05, 0) is 37.1 Å². The third-order valence-electron chi connectivity index (χ3n) is 2.08. The van der Waals surface area contributed by atoms with Gasteiger partial charge in [0.05, 0.1) is 5.75 Å². The van der Waals surface area contributed by atoms with Crippen LogP contribution in [0.25, 0.3) is 0 Å². The van der Waals surface area contributed by atoms with Crippen LogP contribution in [0.4, 0.5) is 5.69 Å². The lowest BCUT2D eigenvalue weighted by molar-refractivity contribution is 0.598. The third kappa shape index (κ3) is 4.53. The Hall–Kier alpha value is -0.550. The van der Waals surface area contributed by atoms with Gasteiger partial charge >= 0.3 is 0 Å². The van der Waals surface area contributed by atoms with Crippen molar-refractivity contribution >= 4 is 31.6 Å². The highest BCUT2D eigenvalue weighted by atomic mass is 79.9. The van der Waals surface area contributed by atoms with Crippen LogP contribution < -0.4 is 4.72 Å². The highest BCUT2D eigenvalue weighted by Crippen LogP contribution is 2.20. The van der Waals surface area contributed by atoms with Crippen LogP contribution >= 0.6 is 15.9 Å². The van der Waals surface area contributed by atoms with Crippen LogP contribution in [-0.2, 0) is 10.0 Å². The second-order valence-electron chi connectivity index (χ2n) is 3.79. The number of benzene rings is 1. The summed E-state index contributed by atoms with van der Waals surface area (Å²) in [4.78, 5) is 0. The van der Waals surface area contributed by atoms with E-state index in [4.69, 9.17) is 0 Å². The van der Waals surface area contributed by atoms with Gasteiger partial charge in [0, 0.05) is 10.2 Å². The van der Waals surface area contributed by atoms with Crippen molar-refractivity contribution in [2.75, 3.05) is 10.5 Å². The molecule has 0 atom stereocenters. The molecule has 0 aliphatic rings. The first-order valence-electron chi connectivity index (χ1n) is 5.20. The van der Waals surface area contributed by atoms with Gasteiger partial charge in [0.25, 0.3) is 0 Å². The normalized spacial score (nSPS) is 11.4. The number of unbranched alkanes of at least 4 members (excludes halogenated alkanes) is 1. The average molecular weight is 306 g/mol. The van der Waals surface area contributed by atoms with E-state index in [0.29, 0.717) is 12.1 Å². The number of hydrogen-bond acceptors (Lipinski definition) is 2. The van der Waals surface area contributed by atoms with Gasteiger partial charge in [-0.3, -0.25) is 4.72 Å². The summed E-state index contributed by atoms with van der Waals surface area (Å²) >= 11 is 3.34. The quantitative estimate of drug-likeness (QED) is 0.907. The second kappa shape index (κ2) is 5.68. The first-order valence-corrected chi connectivity index (χ1v) is 7.65. The molecule has 0 aliphatic heterocycles. The Bertz CT molecular complexity index is 437. The molecule has 0 amide bonds. The number of nitrogens with one attached hydrogen (secondary N) is 1. The van der Waals surface area contributed by atoms with Crippen molar-refractivity contribution in [2.24, 2.45) is 0 Å². The fourth-order valence-corrected chi connectivity index (χ4v) is 3.22. The maximum absolute atomic E-state index is 11.7. The maximum atomic E-state index is 11.7. The SMILES string of the molecule is CCCCS(=O)(=O)Nc1cc(C)cc(Br)c1. The van der Waals surface area contributed by atoms with E-state index in [1.165, 1.54) is 0 Å². The van der Waals surface area contributed by atoms with Crippen LogP contribution in [-0.4, -0.2) is 14.2 Å². The highest BCUT2D eigenvalue weighted by molar-refractivity contribution is 9.10. The Morgan fingerprint density at radius 3 is 2.56 bits per heavy atom. The number of rotatable bonds is 5. The Labute approximate surface area is 105 Å². The molecule has 0 saturated carbocycles. The van der Waals surface area contributed by atoms with E-state index in [-0.39, 0.29) is 5.75 Å². The zero-order valence-corrected chi connectivity index (χ0v) is 11.9. The van der Waals surface area contributed by atoms with E-state index in [0.717, 1.165) is 16.5 Å². The molecule has 16 heavy (non-hydrogen) atoms. The van der Waals surface area contributed by atoms with Crippen molar-refractivity contribution < 1.29 is 8.42 Å². The van der Waals surface area contributed by atoms with E-state index < -0.39 is 10.0 Å². The largest absolute Gasteiger partial charge is 0.284 e. The number of anilines is 1. The summed E-state index contributed by atoms with van der Waals surface area (Å²) in [5.74, 6) is 0.176. The fourth-order valence-electron chi connectivity index (χ4n) is 1.36. The van der Waals surface area contributed by atoms with Crippen LogP contribution in [0.15, 0.2) is 22.7 Å². The van der Waals surface area contributed by atoms with Crippen molar-refractivity contribution in [2.45, 2.75) is 26.7 Å². The Kier molecular flexibility index (Phi) is 4.80. The van der Waals surface area contributed by atoms with Gasteiger partial charge in [-0.1, -0.05) is 29.3 Å². The van der Waals surface area contributed by atoms with Gasteiger partial charge in [0.15, 0.2) is 0 Å². The summed E-state index contributed by atoms with van der Waals surface area (Å²) in [5.41, 5.74) is 1.63. The molecule has 90 valence electrons. The molecule has 1 rings (SSSR count). The van der Waals surface area contributed by atoms with E-state index in [9.17, 15) is 8.42 Å². The van der Waals surface area contributed by atoms with E-state index >= 15 is 0 Å². The van der Waals surface area contributed by atoms with E-state index in [2.05, 4.69) is 20.7 Å². The maximum Gasteiger partial charge on any atom is 0.232 e. The number of hydrogen-bond donors (Lipinski definition) is 1. The van der Waals surface area contributed by atoms with Crippen LogP contribution in [0.2, 0.25) is 0 Å². The summed E-state index contributed by atoms with van der Waals surface area (Å²) in [7, 11) is -3.20. The molecule has 0 aliphatic carbocycles. The molecule has 0 heterocycles. The predicted octanol–water partition coefficient (Wildman–Crippen LogP) is 3.30. The standard InChI is InChI=1S/C11H16BrNO2S/c1-3-4-5-16(14,15)13-11-7-9(2)6-10(12)8-11/h6-8,13H,3-5H2,1-2H3. The Morgan fingerprint density at radius 2 is 2.00 bits per heavy atom. The summed E-state index contributed by atoms with van der Waals surface area (Å²) in [6.07, 6.45) is 1.56. The molecule has 5 heteroatoms. The minimum absolute atomic E-state index is 0.176. The smallest absolute Gasteiger partial charge is 0.232 e. The molecule has 0 aromatic heterocycles. The van der Waals surface area contributed by atoms with Crippen molar-refractivity contribution in [3.05, 3.63) is 28.2 Å². The van der Waals surface area contributed by atoms with Gasteiger partial charge in [-0.25, -0.2) is 8.42 Å². The van der Waals surface area contributed by atoms with Crippen LogP contribution in [0, 0.1) is 6.92 Å². The average Bonchev–Trinajstić information content (AvgIpc) is 2.12. The molecule has 3 nitrogen and oxygen atoms in total. The summed E-state index contributed by atoms with van der Waals surface area (Å²) in [6.45, 7) is 3.90. The molecule has 0 fully saturated rings. The van der Waals surface area contributed by atoms with Crippen molar-refractivity contribution in [1.82, 2.24) is 0 Å². The van der Waals surface area contributed by atoms with Crippen molar-refractivity contribution in [3.63, 3.8) is 0 Å². The molecular weight excluding hydrogens is 290 g/mol.